The smallest absolute Gasteiger partial charge is 0.253 e. The highest BCUT2D eigenvalue weighted by molar-refractivity contribution is 7.89. The van der Waals surface area contributed by atoms with Crippen molar-refractivity contribution < 1.29 is 17.6 Å². The Morgan fingerprint density at radius 1 is 1.09 bits per heavy atom. The second-order valence-electron chi connectivity index (χ2n) is 5.02. The van der Waals surface area contributed by atoms with Gasteiger partial charge in [0.25, 0.3) is 5.91 Å². The fourth-order valence-electron chi connectivity index (χ4n) is 2.05. The van der Waals surface area contributed by atoms with Crippen LogP contribution in [0.25, 0.3) is 0 Å². The van der Waals surface area contributed by atoms with E-state index in [4.69, 9.17) is 0 Å². The minimum absolute atomic E-state index is 0.0951. The maximum atomic E-state index is 12.9. The van der Waals surface area contributed by atoms with Crippen LogP contribution in [0.15, 0.2) is 53.4 Å². The number of amides is 1. The van der Waals surface area contributed by atoms with Crippen LogP contribution < -0.4 is 4.72 Å². The normalized spacial score (nSPS) is 11.3. The molecule has 0 saturated heterocycles. The number of nitrogens with one attached hydrogen (secondary N) is 1. The monoisotopic (exact) mass is 336 g/mol. The molecule has 0 heterocycles. The van der Waals surface area contributed by atoms with Crippen LogP contribution in [-0.4, -0.2) is 33.3 Å². The summed E-state index contributed by atoms with van der Waals surface area (Å²) in [4.78, 5) is 13.9. The molecule has 7 heteroatoms. The van der Waals surface area contributed by atoms with Crippen LogP contribution in [-0.2, 0) is 16.6 Å². The van der Waals surface area contributed by atoms with Crippen LogP contribution in [0.5, 0.6) is 0 Å². The van der Waals surface area contributed by atoms with Crippen molar-refractivity contribution in [1.82, 2.24) is 9.62 Å². The Bertz CT molecular complexity index is 787. The lowest BCUT2D eigenvalue weighted by Gasteiger charge is -2.17. The average molecular weight is 336 g/mol. The van der Waals surface area contributed by atoms with Crippen LogP contribution in [0.4, 0.5) is 4.39 Å². The molecule has 23 heavy (non-hydrogen) atoms. The standard InChI is InChI=1S/C16H17FN2O3S/c1-18-23(21,22)15-9-5-13(6-10-15)16(20)19(2)11-12-3-7-14(17)8-4-12/h3-10,18H,11H2,1-2H3. The molecule has 2 aromatic carbocycles. The number of hydrogen-bond acceptors (Lipinski definition) is 3. The van der Waals surface area contributed by atoms with Gasteiger partial charge in [-0.15, -0.1) is 0 Å². The summed E-state index contributed by atoms with van der Waals surface area (Å²) in [5.41, 5.74) is 1.18. The van der Waals surface area contributed by atoms with Crippen molar-refractivity contribution in [3.05, 3.63) is 65.5 Å². The number of benzene rings is 2. The van der Waals surface area contributed by atoms with Crippen LogP contribution >= 0.6 is 0 Å². The predicted octanol–water partition coefficient (Wildman–Crippen LogP) is 2.01. The Hall–Kier alpha value is -2.25. The summed E-state index contributed by atoms with van der Waals surface area (Å²) in [6.07, 6.45) is 0. The molecular formula is C16H17FN2O3S. The number of nitrogens with zero attached hydrogens (tertiary/aromatic N) is 1. The number of carbonyl (C=O) groups is 1. The molecule has 0 unspecified atom stereocenters. The van der Waals surface area contributed by atoms with Gasteiger partial charge in [0, 0.05) is 19.2 Å². The molecule has 1 N–H and O–H groups in total. The summed E-state index contributed by atoms with van der Waals surface area (Å²) in [6.45, 7) is 0.329. The largest absolute Gasteiger partial charge is 0.337 e. The van der Waals surface area contributed by atoms with Crippen molar-refractivity contribution >= 4 is 15.9 Å². The van der Waals surface area contributed by atoms with Crippen molar-refractivity contribution in [3.63, 3.8) is 0 Å². The van der Waals surface area contributed by atoms with Crippen molar-refractivity contribution in [1.29, 1.82) is 0 Å². The molecule has 0 radical (unpaired) electrons. The van der Waals surface area contributed by atoms with E-state index in [1.165, 1.54) is 48.3 Å². The molecule has 0 atom stereocenters. The van der Waals surface area contributed by atoms with Gasteiger partial charge < -0.3 is 4.90 Å². The number of hydrogen-bond donors (Lipinski definition) is 1. The second-order valence-corrected chi connectivity index (χ2v) is 6.91. The topological polar surface area (TPSA) is 66.5 Å². The first-order valence-corrected chi connectivity index (χ1v) is 8.35. The Labute approximate surface area is 134 Å². The SMILES string of the molecule is CNS(=O)(=O)c1ccc(C(=O)N(C)Cc2ccc(F)cc2)cc1. The Balaban J connectivity index is 2.12. The molecule has 0 aliphatic rings. The zero-order chi connectivity index (χ0) is 17.0. The van der Waals surface area contributed by atoms with E-state index < -0.39 is 10.0 Å². The zero-order valence-electron chi connectivity index (χ0n) is 12.8. The summed E-state index contributed by atoms with van der Waals surface area (Å²) in [5.74, 6) is -0.577. The third-order valence-electron chi connectivity index (χ3n) is 3.36. The number of halogens is 1. The van der Waals surface area contributed by atoms with E-state index in [2.05, 4.69) is 4.72 Å². The van der Waals surface area contributed by atoms with Crippen LogP contribution in [0.3, 0.4) is 0 Å². The van der Waals surface area contributed by atoms with E-state index in [9.17, 15) is 17.6 Å². The number of sulfonamides is 1. The second kappa shape index (κ2) is 6.89. The molecule has 0 spiro atoms. The molecule has 0 aliphatic heterocycles. The van der Waals surface area contributed by atoms with Crippen LogP contribution in [0.1, 0.15) is 15.9 Å². The summed E-state index contributed by atoms with van der Waals surface area (Å²) < 4.78 is 38.4. The van der Waals surface area contributed by atoms with E-state index in [1.54, 1.807) is 19.2 Å². The van der Waals surface area contributed by atoms with Crippen LogP contribution in [0, 0.1) is 5.82 Å². The molecule has 0 fully saturated rings. The maximum absolute atomic E-state index is 12.9. The molecule has 5 nitrogen and oxygen atoms in total. The quantitative estimate of drug-likeness (QED) is 0.908. The van der Waals surface area contributed by atoms with E-state index >= 15 is 0 Å². The summed E-state index contributed by atoms with van der Waals surface area (Å²) in [6, 6.07) is 11.6. The van der Waals surface area contributed by atoms with Gasteiger partial charge in [0.2, 0.25) is 10.0 Å². The van der Waals surface area contributed by atoms with E-state index in [1.807, 2.05) is 0 Å². The van der Waals surface area contributed by atoms with E-state index in [0.29, 0.717) is 12.1 Å². The molecule has 1 amide bonds. The predicted molar refractivity (Wildman–Crippen MR) is 84.9 cm³/mol. The fourth-order valence-corrected chi connectivity index (χ4v) is 2.78. The summed E-state index contributed by atoms with van der Waals surface area (Å²) in [5, 5.41) is 0. The van der Waals surface area contributed by atoms with Gasteiger partial charge in [0.15, 0.2) is 0 Å². The highest BCUT2D eigenvalue weighted by atomic mass is 32.2. The third kappa shape index (κ3) is 4.14. The maximum Gasteiger partial charge on any atom is 0.253 e. The molecule has 0 aliphatic carbocycles. The first-order chi connectivity index (χ1) is 10.8. The lowest BCUT2D eigenvalue weighted by molar-refractivity contribution is 0.0785. The van der Waals surface area contributed by atoms with Gasteiger partial charge in [0.05, 0.1) is 4.90 Å². The molecule has 0 bridgehead atoms. The number of carbonyl (C=O) groups excluding carboxylic acids is 1. The van der Waals surface area contributed by atoms with Gasteiger partial charge in [-0.05, 0) is 49.0 Å². The first-order valence-electron chi connectivity index (χ1n) is 6.87. The van der Waals surface area contributed by atoms with Crippen molar-refractivity contribution in [2.75, 3.05) is 14.1 Å². The Kier molecular flexibility index (Phi) is 5.12. The van der Waals surface area contributed by atoms with Gasteiger partial charge in [-0.25, -0.2) is 17.5 Å². The molecular weight excluding hydrogens is 319 g/mol. The Morgan fingerprint density at radius 2 is 1.65 bits per heavy atom. The van der Waals surface area contributed by atoms with Crippen molar-refractivity contribution in [2.24, 2.45) is 0 Å². The van der Waals surface area contributed by atoms with Gasteiger partial charge in [0.1, 0.15) is 5.82 Å². The molecule has 122 valence electrons. The fraction of sp³-hybridized carbons (Fsp3) is 0.188. The summed E-state index contributed by atoms with van der Waals surface area (Å²) >= 11 is 0. The highest BCUT2D eigenvalue weighted by Gasteiger charge is 2.15. The van der Waals surface area contributed by atoms with Gasteiger partial charge in [-0.2, -0.15) is 0 Å². The zero-order valence-corrected chi connectivity index (χ0v) is 13.6. The van der Waals surface area contributed by atoms with E-state index in [-0.39, 0.29) is 16.6 Å². The minimum Gasteiger partial charge on any atom is -0.337 e. The third-order valence-corrected chi connectivity index (χ3v) is 4.79. The molecule has 0 saturated carbocycles. The van der Waals surface area contributed by atoms with Crippen LogP contribution in [0.2, 0.25) is 0 Å². The number of rotatable bonds is 5. The lowest BCUT2D eigenvalue weighted by atomic mass is 10.1. The minimum atomic E-state index is -3.52. The Morgan fingerprint density at radius 3 is 2.17 bits per heavy atom. The summed E-state index contributed by atoms with van der Waals surface area (Å²) in [7, 11) is -0.571. The average Bonchev–Trinajstić information content (AvgIpc) is 2.56. The van der Waals surface area contributed by atoms with Gasteiger partial charge in [-0.1, -0.05) is 12.1 Å². The first kappa shape index (κ1) is 17.1. The van der Waals surface area contributed by atoms with Crippen molar-refractivity contribution in [3.8, 4) is 0 Å². The highest BCUT2D eigenvalue weighted by Crippen LogP contribution is 2.13. The molecule has 0 aromatic heterocycles. The lowest BCUT2D eigenvalue weighted by Crippen LogP contribution is -2.26. The van der Waals surface area contributed by atoms with Gasteiger partial charge in [-0.3, -0.25) is 4.79 Å². The molecule has 2 aromatic rings. The van der Waals surface area contributed by atoms with Crippen molar-refractivity contribution in [2.45, 2.75) is 11.4 Å². The van der Waals surface area contributed by atoms with Gasteiger partial charge >= 0.3 is 0 Å². The van der Waals surface area contributed by atoms with E-state index in [0.717, 1.165) is 5.56 Å². The molecule has 2 rings (SSSR count).